The van der Waals surface area contributed by atoms with E-state index in [1.54, 1.807) is 0 Å². The van der Waals surface area contributed by atoms with Gasteiger partial charge in [-0.2, -0.15) is 0 Å². The number of ether oxygens (including phenoxy) is 1. The van der Waals surface area contributed by atoms with E-state index in [1.165, 1.54) is 11.4 Å². The van der Waals surface area contributed by atoms with E-state index >= 15 is 0 Å². The number of alkyl halides is 1. The number of sulfonamides is 1. The van der Waals surface area contributed by atoms with Crippen molar-refractivity contribution in [1.29, 1.82) is 0 Å². The number of rotatable bonds is 8. The van der Waals surface area contributed by atoms with Crippen LogP contribution in [0.1, 0.15) is 13.3 Å². The minimum Gasteiger partial charge on any atom is -0.384 e. The van der Waals surface area contributed by atoms with Crippen LogP contribution in [0.2, 0.25) is 0 Å². The van der Waals surface area contributed by atoms with Crippen LogP contribution in [0.3, 0.4) is 0 Å². The molecule has 0 amide bonds. The summed E-state index contributed by atoms with van der Waals surface area (Å²) in [5, 5.41) is 0.823. The largest absolute Gasteiger partial charge is 0.384 e. The Kier molecular flexibility index (Phi) is 7.81. The Bertz CT molecular complexity index is 231. The van der Waals surface area contributed by atoms with Crippen LogP contribution in [-0.4, -0.2) is 50.6 Å². The Labute approximate surface area is 94.8 Å². The number of nitrogens with zero attached hydrogens (tertiary/aromatic N) is 1. The van der Waals surface area contributed by atoms with Gasteiger partial charge in [0.15, 0.2) is 0 Å². The van der Waals surface area contributed by atoms with Crippen molar-refractivity contribution in [2.45, 2.75) is 13.3 Å². The predicted molar refractivity (Wildman–Crippen MR) is 61.3 cm³/mol. The van der Waals surface area contributed by atoms with Crippen LogP contribution in [0.15, 0.2) is 0 Å². The second-order valence-electron chi connectivity index (χ2n) is 2.84. The van der Waals surface area contributed by atoms with Gasteiger partial charge in [-0.15, -0.1) is 0 Å². The summed E-state index contributed by atoms with van der Waals surface area (Å²) in [5.41, 5.74) is 0. The monoisotopic (exact) mass is 287 g/mol. The Balaban J connectivity index is 4.19. The van der Waals surface area contributed by atoms with Gasteiger partial charge in [0.2, 0.25) is 10.0 Å². The molecular weight excluding hydrogens is 270 g/mol. The molecule has 4 nitrogen and oxygen atoms in total. The number of hydrogen-bond acceptors (Lipinski definition) is 3. The summed E-state index contributed by atoms with van der Waals surface area (Å²) in [6, 6.07) is 0. The van der Waals surface area contributed by atoms with Crippen molar-refractivity contribution in [3.63, 3.8) is 0 Å². The molecule has 0 aliphatic carbocycles. The number of methoxy groups -OCH3 is 1. The van der Waals surface area contributed by atoms with Crippen LogP contribution >= 0.6 is 15.9 Å². The molecule has 0 bridgehead atoms. The maximum atomic E-state index is 11.7. The van der Waals surface area contributed by atoms with Gasteiger partial charge in [0.1, 0.15) is 0 Å². The molecule has 0 atom stereocenters. The van der Waals surface area contributed by atoms with Crippen molar-refractivity contribution in [3.05, 3.63) is 0 Å². The fourth-order valence-electron chi connectivity index (χ4n) is 1.05. The van der Waals surface area contributed by atoms with E-state index in [-0.39, 0.29) is 12.4 Å². The first-order valence-corrected chi connectivity index (χ1v) is 7.34. The molecule has 0 aliphatic heterocycles. The average molecular weight is 288 g/mol. The highest BCUT2D eigenvalue weighted by atomic mass is 79.9. The van der Waals surface area contributed by atoms with E-state index in [2.05, 4.69) is 15.9 Å². The average Bonchev–Trinajstić information content (AvgIpc) is 2.16. The summed E-state index contributed by atoms with van der Waals surface area (Å²) < 4.78 is 29.6. The lowest BCUT2D eigenvalue weighted by atomic mass is 10.5. The summed E-state index contributed by atoms with van der Waals surface area (Å²) in [6.45, 7) is 3.21. The normalized spacial score (nSPS) is 12.3. The summed E-state index contributed by atoms with van der Waals surface area (Å²) in [5.74, 6) is 0.0691. The third-order valence-corrected chi connectivity index (χ3v) is 4.30. The molecular formula is C8H18BrNO3S. The highest BCUT2D eigenvalue weighted by Gasteiger charge is 2.18. The molecule has 86 valence electrons. The fourth-order valence-corrected chi connectivity index (χ4v) is 2.73. The molecule has 0 N–H and O–H groups in total. The van der Waals surface area contributed by atoms with Crippen molar-refractivity contribution >= 4 is 26.0 Å². The zero-order chi connectivity index (χ0) is 11.0. The van der Waals surface area contributed by atoms with Crippen LogP contribution in [-0.2, 0) is 14.8 Å². The molecule has 0 saturated heterocycles. The predicted octanol–water partition coefficient (Wildman–Crippen LogP) is 1.07. The topological polar surface area (TPSA) is 46.6 Å². The Morgan fingerprint density at radius 2 is 2.07 bits per heavy atom. The first kappa shape index (κ1) is 14.3. The lowest BCUT2D eigenvalue weighted by Crippen LogP contribution is -2.35. The van der Waals surface area contributed by atoms with Crippen molar-refractivity contribution in [3.8, 4) is 0 Å². The minimum atomic E-state index is -3.12. The molecule has 0 radical (unpaired) electrons. The maximum Gasteiger partial charge on any atom is 0.216 e. The van der Waals surface area contributed by atoms with E-state index in [1.807, 2.05) is 6.92 Å². The molecule has 14 heavy (non-hydrogen) atoms. The molecule has 0 saturated carbocycles. The van der Waals surface area contributed by atoms with Crippen LogP contribution in [0.5, 0.6) is 0 Å². The van der Waals surface area contributed by atoms with Crippen molar-refractivity contribution in [2.75, 3.05) is 37.9 Å². The SMILES string of the molecule is CCN(CCCBr)S(=O)(=O)CCOC. The van der Waals surface area contributed by atoms with E-state index in [0.717, 1.165) is 11.8 Å². The van der Waals surface area contributed by atoms with Crippen LogP contribution < -0.4 is 0 Å². The highest BCUT2D eigenvalue weighted by Crippen LogP contribution is 2.03. The van der Waals surface area contributed by atoms with Gasteiger partial charge in [-0.3, -0.25) is 0 Å². The highest BCUT2D eigenvalue weighted by molar-refractivity contribution is 9.09. The van der Waals surface area contributed by atoms with Gasteiger partial charge in [0.05, 0.1) is 12.4 Å². The summed E-state index contributed by atoms with van der Waals surface area (Å²) in [6.07, 6.45) is 0.833. The van der Waals surface area contributed by atoms with Gasteiger partial charge in [-0.1, -0.05) is 22.9 Å². The minimum absolute atomic E-state index is 0.0691. The van der Waals surface area contributed by atoms with Gasteiger partial charge in [-0.05, 0) is 6.42 Å². The molecule has 6 heteroatoms. The zero-order valence-electron chi connectivity index (χ0n) is 8.70. The van der Waals surface area contributed by atoms with E-state index in [4.69, 9.17) is 4.74 Å². The Morgan fingerprint density at radius 1 is 1.43 bits per heavy atom. The quantitative estimate of drug-likeness (QED) is 0.628. The number of hydrogen-bond donors (Lipinski definition) is 0. The summed E-state index contributed by atoms with van der Waals surface area (Å²) in [4.78, 5) is 0. The van der Waals surface area contributed by atoms with Crippen molar-refractivity contribution in [2.24, 2.45) is 0 Å². The number of halogens is 1. The molecule has 0 aliphatic rings. The Hall–Kier alpha value is 0.350. The van der Waals surface area contributed by atoms with Gasteiger partial charge in [0.25, 0.3) is 0 Å². The molecule has 0 spiro atoms. The van der Waals surface area contributed by atoms with Crippen molar-refractivity contribution < 1.29 is 13.2 Å². The first-order chi connectivity index (χ1) is 6.58. The lowest BCUT2D eigenvalue weighted by Gasteiger charge is -2.19. The van der Waals surface area contributed by atoms with E-state index < -0.39 is 10.0 Å². The van der Waals surface area contributed by atoms with Crippen LogP contribution in [0.25, 0.3) is 0 Å². The fraction of sp³-hybridized carbons (Fsp3) is 1.00. The first-order valence-electron chi connectivity index (χ1n) is 4.61. The molecule has 0 fully saturated rings. The molecule has 0 aromatic carbocycles. The Morgan fingerprint density at radius 3 is 2.50 bits per heavy atom. The van der Waals surface area contributed by atoms with Gasteiger partial charge in [-0.25, -0.2) is 12.7 Å². The second-order valence-corrected chi connectivity index (χ2v) is 5.72. The lowest BCUT2D eigenvalue weighted by molar-refractivity contribution is 0.215. The van der Waals surface area contributed by atoms with Gasteiger partial charge < -0.3 is 4.74 Å². The molecule has 0 aromatic rings. The molecule has 0 rings (SSSR count). The maximum absolute atomic E-state index is 11.7. The van der Waals surface area contributed by atoms with E-state index in [0.29, 0.717) is 13.1 Å². The zero-order valence-corrected chi connectivity index (χ0v) is 11.1. The van der Waals surface area contributed by atoms with Crippen LogP contribution in [0.4, 0.5) is 0 Å². The molecule has 0 unspecified atom stereocenters. The summed E-state index contributed by atoms with van der Waals surface area (Å²) >= 11 is 3.28. The van der Waals surface area contributed by atoms with Gasteiger partial charge >= 0.3 is 0 Å². The van der Waals surface area contributed by atoms with Gasteiger partial charge in [0, 0.05) is 25.5 Å². The molecule has 0 aromatic heterocycles. The second kappa shape index (κ2) is 7.62. The standard InChI is InChI=1S/C8H18BrNO3S/c1-3-10(6-4-5-9)14(11,12)8-7-13-2/h3-8H2,1-2H3. The van der Waals surface area contributed by atoms with Crippen LogP contribution in [0, 0.1) is 0 Å². The third-order valence-electron chi connectivity index (χ3n) is 1.83. The third kappa shape index (κ3) is 5.29. The van der Waals surface area contributed by atoms with E-state index in [9.17, 15) is 8.42 Å². The molecule has 0 heterocycles. The van der Waals surface area contributed by atoms with Crippen molar-refractivity contribution in [1.82, 2.24) is 4.31 Å². The smallest absolute Gasteiger partial charge is 0.216 e. The summed E-state index contributed by atoms with van der Waals surface area (Å²) in [7, 11) is -1.62.